The van der Waals surface area contributed by atoms with Gasteiger partial charge in [0.25, 0.3) is 0 Å². The maximum atomic E-state index is 12.4. The van der Waals surface area contributed by atoms with Crippen LogP contribution in [0, 0.1) is 0 Å². The molecule has 1 atom stereocenters. The van der Waals surface area contributed by atoms with Gasteiger partial charge in [0, 0.05) is 18.7 Å². The molecule has 0 aliphatic carbocycles. The van der Waals surface area contributed by atoms with Crippen molar-refractivity contribution in [1.82, 2.24) is 0 Å². The van der Waals surface area contributed by atoms with E-state index in [1.54, 1.807) is 24.3 Å². The predicted molar refractivity (Wildman–Crippen MR) is 111 cm³/mol. The summed E-state index contributed by atoms with van der Waals surface area (Å²) in [6.07, 6.45) is -0.534. The molecule has 0 aliphatic rings. The molecule has 6 nitrogen and oxygen atoms in total. The van der Waals surface area contributed by atoms with Crippen LogP contribution in [-0.4, -0.2) is 43.9 Å². The fourth-order valence-electron chi connectivity index (χ4n) is 3.31. The summed E-state index contributed by atoms with van der Waals surface area (Å²) in [5, 5.41) is 15.4. The summed E-state index contributed by atoms with van der Waals surface area (Å²) in [4.78, 5) is 24.3. The summed E-state index contributed by atoms with van der Waals surface area (Å²) < 4.78 is 9.74. The first-order chi connectivity index (χ1) is 14.0. The second-order valence-electron chi connectivity index (χ2n) is 6.59. The third kappa shape index (κ3) is 4.55. The molecule has 1 unspecified atom stereocenters. The zero-order valence-electron chi connectivity index (χ0n) is 16.3. The van der Waals surface area contributed by atoms with E-state index in [0.717, 1.165) is 10.8 Å². The quantitative estimate of drug-likeness (QED) is 0.598. The summed E-state index contributed by atoms with van der Waals surface area (Å²) in [6, 6.07) is 18.2. The van der Waals surface area contributed by atoms with E-state index in [0.29, 0.717) is 22.4 Å². The first-order valence-corrected chi connectivity index (χ1v) is 9.23. The van der Waals surface area contributed by atoms with Gasteiger partial charge in [0.1, 0.15) is 0 Å². The number of esters is 2. The Kier molecular flexibility index (Phi) is 6.46. The predicted octanol–water partition coefficient (Wildman–Crippen LogP) is 3.43. The van der Waals surface area contributed by atoms with Crippen LogP contribution >= 0.6 is 0 Å². The first-order valence-electron chi connectivity index (χ1n) is 9.23. The van der Waals surface area contributed by atoms with E-state index >= 15 is 0 Å². The Morgan fingerprint density at radius 2 is 1.62 bits per heavy atom. The lowest BCUT2D eigenvalue weighted by Gasteiger charge is -2.17. The second-order valence-corrected chi connectivity index (χ2v) is 6.59. The number of hydrogen-bond acceptors (Lipinski definition) is 6. The van der Waals surface area contributed by atoms with Crippen molar-refractivity contribution < 1.29 is 24.2 Å². The molecular weight excluding hydrogens is 370 g/mol. The average Bonchev–Trinajstić information content (AvgIpc) is 2.76. The van der Waals surface area contributed by atoms with Gasteiger partial charge in [0.2, 0.25) is 0 Å². The van der Waals surface area contributed by atoms with E-state index in [4.69, 9.17) is 9.47 Å². The van der Waals surface area contributed by atoms with E-state index < -0.39 is 18.0 Å². The number of aliphatic hydroxyl groups excluding tert-OH is 1. The molecule has 2 N–H and O–H groups in total. The number of para-hydroxylation sites is 1. The van der Waals surface area contributed by atoms with Crippen molar-refractivity contribution in [2.24, 2.45) is 0 Å². The van der Waals surface area contributed by atoms with Gasteiger partial charge in [0.05, 0.1) is 31.5 Å². The molecule has 0 aromatic heterocycles. The molecule has 0 saturated carbocycles. The topological polar surface area (TPSA) is 84.9 Å². The highest BCUT2D eigenvalue weighted by molar-refractivity contribution is 6.05. The minimum atomic E-state index is -0.787. The van der Waals surface area contributed by atoms with E-state index in [1.165, 1.54) is 14.2 Å². The molecule has 3 aromatic carbocycles. The maximum absolute atomic E-state index is 12.4. The lowest BCUT2D eigenvalue weighted by molar-refractivity contribution is 0.0592. The van der Waals surface area contributed by atoms with Gasteiger partial charge in [-0.1, -0.05) is 48.5 Å². The minimum Gasteiger partial charge on any atom is -0.465 e. The van der Waals surface area contributed by atoms with Gasteiger partial charge in [-0.2, -0.15) is 0 Å². The van der Waals surface area contributed by atoms with E-state index in [2.05, 4.69) is 5.32 Å². The number of fused-ring (bicyclic) bond motifs is 1. The molecule has 0 aliphatic heterocycles. The lowest BCUT2D eigenvalue weighted by Crippen LogP contribution is -2.24. The third-order valence-electron chi connectivity index (χ3n) is 4.72. The van der Waals surface area contributed by atoms with Gasteiger partial charge in [-0.3, -0.25) is 0 Å². The molecule has 6 heteroatoms. The van der Waals surface area contributed by atoms with E-state index in [1.807, 2.05) is 36.4 Å². The van der Waals surface area contributed by atoms with Gasteiger partial charge in [-0.15, -0.1) is 0 Å². The zero-order valence-corrected chi connectivity index (χ0v) is 16.3. The SMILES string of the molecule is COC(=O)c1ccccc1NCC(O)Cc1ccc2ccccc2c1C(=O)OC. The highest BCUT2D eigenvalue weighted by Gasteiger charge is 2.19. The average molecular weight is 393 g/mol. The number of carbonyl (C=O) groups is 2. The fourth-order valence-corrected chi connectivity index (χ4v) is 3.31. The third-order valence-corrected chi connectivity index (χ3v) is 4.72. The summed E-state index contributed by atoms with van der Waals surface area (Å²) in [5.74, 6) is -0.891. The molecule has 0 radical (unpaired) electrons. The Labute approximate surface area is 169 Å². The number of ether oxygens (including phenoxy) is 2. The minimum absolute atomic E-state index is 0.196. The molecule has 0 bridgehead atoms. The van der Waals surface area contributed by atoms with Crippen LogP contribution in [0.1, 0.15) is 26.3 Å². The molecule has 3 aromatic rings. The first kappa shape index (κ1) is 20.4. The van der Waals surface area contributed by atoms with Gasteiger partial charge in [0.15, 0.2) is 0 Å². The number of carbonyl (C=O) groups excluding carboxylic acids is 2. The Hall–Kier alpha value is -3.38. The van der Waals surface area contributed by atoms with Crippen molar-refractivity contribution in [2.45, 2.75) is 12.5 Å². The standard InChI is InChI=1S/C23H23NO5/c1-28-22(26)19-9-5-6-10-20(19)24-14-17(25)13-16-12-11-15-7-3-4-8-18(15)21(16)23(27)29-2/h3-12,17,24-25H,13-14H2,1-2H3. The molecular formula is C23H23NO5. The van der Waals surface area contributed by atoms with Crippen molar-refractivity contribution >= 4 is 28.4 Å². The van der Waals surface area contributed by atoms with E-state index in [9.17, 15) is 14.7 Å². The number of rotatable bonds is 7. The number of nitrogens with one attached hydrogen (secondary N) is 1. The summed E-state index contributed by atoms with van der Waals surface area (Å²) in [6.45, 7) is 0.196. The molecule has 29 heavy (non-hydrogen) atoms. The number of anilines is 1. The molecule has 0 saturated heterocycles. The van der Waals surface area contributed by atoms with Crippen LogP contribution in [-0.2, 0) is 15.9 Å². The monoisotopic (exact) mass is 393 g/mol. The molecule has 150 valence electrons. The Morgan fingerprint density at radius 3 is 2.38 bits per heavy atom. The smallest absolute Gasteiger partial charge is 0.339 e. The lowest BCUT2D eigenvalue weighted by atomic mass is 9.95. The van der Waals surface area contributed by atoms with Gasteiger partial charge in [-0.05, 0) is 28.5 Å². The van der Waals surface area contributed by atoms with Gasteiger partial charge >= 0.3 is 11.9 Å². The Bertz CT molecular complexity index is 1030. The summed E-state index contributed by atoms with van der Waals surface area (Å²) in [5.41, 5.74) is 2.12. The molecule has 0 fully saturated rings. The Balaban J connectivity index is 1.80. The van der Waals surface area contributed by atoms with Gasteiger partial charge in [-0.25, -0.2) is 9.59 Å². The second kappa shape index (κ2) is 9.21. The molecule has 0 amide bonds. The molecule has 0 spiro atoms. The largest absolute Gasteiger partial charge is 0.465 e. The van der Waals surface area contributed by atoms with Crippen molar-refractivity contribution in [3.05, 3.63) is 77.4 Å². The van der Waals surface area contributed by atoms with Crippen molar-refractivity contribution in [3.63, 3.8) is 0 Å². The maximum Gasteiger partial charge on any atom is 0.339 e. The normalized spacial score (nSPS) is 11.7. The summed E-state index contributed by atoms with van der Waals surface area (Å²) >= 11 is 0. The van der Waals surface area contributed by atoms with Crippen LogP contribution in [0.5, 0.6) is 0 Å². The molecule has 0 heterocycles. The van der Waals surface area contributed by atoms with Crippen molar-refractivity contribution in [1.29, 1.82) is 0 Å². The van der Waals surface area contributed by atoms with Crippen LogP contribution in [0.4, 0.5) is 5.69 Å². The van der Waals surface area contributed by atoms with Crippen LogP contribution in [0.15, 0.2) is 60.7 Å². The van der Waals surface area contributed by atoms with Crippen LogP contribution in [0.25, 0.3) is 10.8 Å². The fraction of sp³-hybridized carbons (Fsp3) is 0.217. The van der Waals surface area contributed by atoms with Crippen LogP contribution in [0.3, 0.4) is 0 Å². The number of hydrogen-bond donors (Lipinski definition) is 2. The van der Waals surface area contributed by atoms with Crippen molar-refractivity contribution in [3.8, 4) is 0 Å². The Morgan fingerprint density at radius 1 is 0.931 bits per heavy atom. The molecule has 3 rings (SSSR count). The van der Waals surface area contributed by atoms with Crippen LogP contribution in [0.2, 0.25) is 0 Å². The van der Waals surface area contributed by atoms with E-state index in [-0.39, 0.29) is 13.0 Å². The number of aliphatic hydroxyl groups is 1. The van der Waals surface area contributed by atoms with Crippen LogP contribution < -0.4 is 5.32 Å². The highest BCUT2D eigenvalue weighted by Crippen LogP contribution is 2.25. The highest BCUT2D eigenvalue weighted by atomic mass is 16.5. The van der Waals surface area contributed by atoms with Crippen molar-refractivity contribution in [2.75, 3.05) is 26.1 Å². The zero-order chi connectivity index (χ0) is 20.8. The van der Waals surface area contributed by atoms with Gasteiger partial charge < -0.3 is 19.9 Å². The number of benzene rings is 3. The number of methoxy groups -OCH3 is 2. The summed E-state index contributed by atoms with van der Waals surface area (Å²) in [7, 11) is 2.66.